The summed E-state index contributed by atoms with van der Waals surface area (Å²) in [7, 11) is 0. The lowest BCUT2D eigenvalue weighted by molar-refractivity contribution is 0.219. The number of piperidine rings is 1. The van der Waals surface area contributed by atoms with E-state index in [1.54, 1.807) is 18.6 Å². The molecule has 2 aliphatic heterocycles. The maximum Gasteiger partial charge on any atom is 0.211 e. The summed E-state index contributed by atoms with van der Waals surface area (Å²) in [6, 6.07) is 5.85. The molecule has 4 aromatic heterocycles. The lowest BCUT2D eigenvalue weighted by atomic mass is 9.75. The van der Waals surface area contributed by atoms with Gasteiger partial charge in [-0.3, -0.25) is 4.40 Å². The highest BCUT2D eigenvalue weighted by atomic mass is 35.5. The third kappa shape index (κ3) is 4.11. The first-order chi connectivity index (χ1) is 17.4. The summed E-state index contributed by atoms with van der Waals surface area (Å²) in [6.45, 7) is 3.48. The SMILES string of the molecule is Nc1nccc(Sc2cnc(N3CCC4(CC3)CN(c3ccnc(Cl)c3)C[C@H]4N)n3ccnc23)c1Cl. The van der Waals surface area contributed by atoms with Crippen LogP contribution in [0.3, 0.4) is 0 Å². The van der Waals surface area contributed by atoms with E-state index in [0.29, 0.717) is 16.0 Å². The van der Waals surface area contributed by atoms with Crippen LogP contribution in [0.5, 0.6) is 0 Å². The van der Waals surface area contributed by atoms with E-state index in [-0.39, 0.29) is 11.5 Å². The average molecular weight is 543 g/mol. The standard InChI is InChI=1S/C24H25Cl2N9S/c25-19-11-15(1-5-29-19)34-13-18(27)24(14-34)3-8-33(9-4-24)23-32-12-17(22-31-7-10-35(22)23)36-16-2-6-30-21(28)20(16)26/h1-2,5-7,10-12,18H,3-4,8-9,13-14,27H2,(H2,28,30)/t18-/m1/s1. The van der Waals surface area contributed by atoms with Crippen molar-refractivity contribution in [2.45, 2.75) is 28.7 Å². The molecule has 9 nitrogen and oxygen atoms in total. The largest absolute Gasteiger partial charge is 0.382 e. The number of nitrogens with zero attached hydrogens (tertiary/aromatic N) is 7. The molecule has 186 valence electrons. The van der Waals surface area contributed by atoms with E-state index >= 15 is 0 Å². The monoisotopic (exact) mass is 541 g/mol. The molecule has 6 rings (SSSR count). The number of hydrogen-bond donors (Lipinski definition) is 2. The Labute approximate surface area is 222 Å². The number of hydrogen-bond acceptors (Lipinski definition) is 9. The zero-order valence-corrected chi connectivity index (χ0v) is 21.7. The second kappa shape index (κ2) is 9.26. The Morgan fingerprint density at radius 1 is 0.972 bits per heavy atom. The molecule has 2 saturated heterocycles. The number of anilines is 3. The molecule has 4 aromatic rings. The van der Waals surface area contributed by atoms with Crippen LogP contribution in [0.2, 0.25) is 10.2 Å². The molecule has 0 amide bonds. The normalized spacial score (nSPS) is 19.5. The van der Waals surface area contributed by atoms with Crippen LogP contribution < -0.4 is 21.3 Å². The van der Waals surface area contributed by atoms with E-state index < -0.39 is 0 Å². The van der Waals surface area contributed by atoms with E-state index in [1.165, 1.54) is 11.8 Å². The van der Waals surface area contributed by atoms with Crippen molar-refractivity contribution in [3.05, 3.63) is 59.4 Å². The van der Waals surface area contributed by atoms with Gasteiger partial charge in [-0.15, -0.1) is 0 Å². The van der Waals surface area contributed by atoms with Crippen LogP contribution in [0, 0.1) is 5.41 Å². The second-order valence-corrected chi connectivity index (χ2v) is 11.2. The Balaban J connectivity index is 1.21. The van der Waals surface area contributed by atoms with Crippen molar-refractivity contribution in [3.8, 4) is 0 Å². The fourth-order valence-electron chi connectivity index (χ4n) is 5.29. The zero-order valence-electron chi connectivity index (χ0n) is 19.4. The molecule has 1 spiro atoms. The van der Waals surface area contributed by atoms with Gasteiger partial charge in [-0.25, -0.2) is 19.9 Å². The fraction of sp³-hybridized carbons (Fsp3) is 0.333. The molecule has 0 saturated carbocycles. The minimum absolute atomic E-state index is 0.0636. The van der Waals surface area contributed by atoms with Gasteiger partial charge < -0.3 is 21.3 Å². The number of nitrogens with two attached hydrogens (primary N) is 2. The summed E-state index contributed by atoms with van der Waals surface area (Å²) in [5.74, 6) is 1.19. The van der Waals surface area contributed by atoms with Crippen LogP contribution in [0.15, 0.2) is 59.0 Å². The molecule has 4 N–H and O–H groups in total. The van der Waals surface area contributed by atoms with Crippen molar-refractivity contribution < 1.29 is 0 Å². The van der Waals surface area contributed by atoms with Gasteiger partial charge in [0.05, 0.1) is 9.92 Å². The van der Waals surface area contributed by atoms with E-state index in [0.717, 1.165) is 66.1 Å². The highest BCUT2D eigenvalue weighted by molar-refractivity contribution is 7.99. The van der Waals surface area contributed by atoms with Crippen LogP contribution in [-0.4, -0.2) is 56.6 Å². The molecule has 0 aromatic carbocycles. The molecule has 0 aliphatic carbocycles. The van der Waals surface area contributed by atoms with Crippen molar-refractivity contribution in [3.63, 3.8) is 0 Å². The maximum atomic E-state index is 6.72. The molecule has 0 unspecified atom stereocenters. The van der Waals surface area contributed by atoms with Crippen molar-refractivity contribution in [1.82, 2.24) is 24.3 Å². The van der Waals surface area contributed by atoms with E-state index in [4.69, 9.17) is 39.7 Å². The quantitative estimate of drug-likeness (QED) is 0.370. The smallest absolute Gasteiger partial charge is 0.211 e. The summed E-state index contributed by atoms with van der Waals surface area (Å²) in [5, 5.41) is 0.942. The number of imidazole rings is 1. The van der Waals surface area contributed by atoms with Crippen molar-refractivity contribution in [2.75, 3.05) is 41.7 Å². The number of fused-ring (bicyclic) bond motifs is 1. The van der Waals surface area contributed by atoms with Crippen LogP contribution in [0.25, 0.3) is 5.65 Å². The third-order valence-corrected chi connectivity index (χ3v) is 9.09. The molecule has 2 aliphatic rings. The fourth-order valence-corrected chi connectivity index (χ4v) is 6.59. The summed E-state index contributed by atoms with van der Waals surface area (Å²) in [4.78, 5) is 24.0. The zero-order chi connectivity index (χ0) is 24.9. The lowest BCUT2D eigenvalue weighted by Gasteiger charge is -2.42. The topological polar surface area (TPSA) is 114 Å². The number of rotatable bonds is 4. The lowest BCUT2D eigenvalue weighted by Crippen LogP contribution is -2.49. The molecule has 0 radical (unpaired) electrons. The molecule has 6 heterocycles. The molecule has 2 fully saturated rings. The van der Waals surface area contributed by atoms with Gasteiger partial charge in [0.15, 0.2) is 5.65 Å². The third-order valence-electron chi connectivity index (χ3n) is 7.30. The van der Waals surface area contributed by atoms with Crippen molar-refractivity contribution in [1.29, 1.82) is 0 Å². The Morgan fingerprint density at radius 2 is 1.78 bits per heavy atom. The first-order valence-electron chi connectivity index (χ1n) is 11.7. The van der Waals surface area contributed by atoms with Crippen molar-refractivity contribution >= 4 is 58.1 Å². The van der Waals surface area contributed by atoms with Gasteiger partial charge >= 0.3 is 0 Å². The summed E-state index contributed by atoms with van der Waals surface area (Å²) >= 11 is 14.0. The van der Waals surface area contributed by atoms with Gasteiger partial charge in [0, 0.05) is 79.2 Å². The van der Waals surface area contributed by atoms with Gasteiger partial charge in [-0.05, 0) is 31.0 Å². The molecular weight excluding hydrogens is 517 g/mol. The van der Waals surface area contributed by atoms with Gasteiger partial charge in [-0.2, -0.15) is 0 Å². The summed E-state index contributed by atoms with van der Waals surface area (Å²) in [5.41, 5.74) is 14.6. The number of pyridine rings is 2. The summed E-state index contributed by atoms with van der Waals surface area (Å²) in [6.07, 6.45) is 11.0. The first kappa shape index (κ1) is 23.6. The Morgan fingerprint density at radius 3 is 2.58 bits per heavy atom. The molecular formula is C24H25Cl2N9S. The highest BCUT2D eigenvalue weighted by Crippen LogP contribution is 2.43. The van der Waals surface area contributed by atoms with E-state index in [1.807, 2.05) is 35.0 Å². The van der Waals surface area contributed by atoms with Gasteiger partial charge in [-0.1, -0.05) is 35.0 Å². The number of nitrogen functional groups attached to an aromatic ring is 1. The molecule has 0 bridgehead atoms. The molecule has 12 heteroatoms. The predicted molar refractivity (Wildman–Crippen MR) is 144 cm³/mol. The second-order valence-electron chi connectivity index (χ2n) is 9.33. The van der Waals surface area contributed by atoms with Crippen LogP contribution in [0.4, 0.5) is 17.5 Å². The number of aromatic nitrogens is 5. The Bertz CT molecular complexity index is 1420. The van der Waals surface area contributed by atoms with E-state index in [9.17, 15) is 0 Å². The molecule has 36 heavy (non-hydrogen) atoms. The predicted octanol–water partition coefficient (Wildman–Crippen LogP) is 3.99. The van der Waals surface area contributed by atoms with Gasteiger partial charge in [0.1, 0.15) is 11.0 Å². The Hall–Kier alpha value is -2.79. The average Bonchev–Trinajstić information content (AvgIpc) is 3.49. The van der Waals surface area contributed by atoms with Crippen LogP contribution >= 0.6 is 35.0 Å². The van der Waals surface area contributed by atoms with Gasteiger partial charge in [0.2, 0.25) is 5.95 Å². The minimum atomic E-state index is 0.0636. The first-order valence-corrected chi connectivity index (χ1v) is 13.3. The minimum Gasteiger partial charge on any atom is -0.382 e. The van der Waals surface area contributed by atoms with E-state index in [2.05, 4.69) is 24.8 Å². The molecule has 1 atom stereocenters. The van der Waals surface area contributed by atoms with Crippen LogP contribution in [0.1, 0.15) is 12.8 Å². The van der Waals surface area contributed by atoms with Crippen molar-refractivity contribution in [2.24, 2.45) is 11.1 Å². The van der Waals surface area contributed by atoms with Gasteiger partial charge in [0.25, 0.3) is 0 Å². The number of halogens is 2. The maximum absolute atomic E-state index is 6.72. The van der Waals surface area contributed by atoms with Crippen LogP contribution in [-0.2, 0) is 0 Å². The highest BCUT2D eigenvalue weighted by Gasteiger charge is 2.47. The Kier molecular flexibility index (Phi) is 6.07. The summed E-state index contributed by atoms with van der Waals surface area (Å²) < 4.78 is 2.04.